The fraction of sp³-hybridized carbons (Fsp3) is 0.250. The molecule has 0 unspecified atom stereocenters. The molecule has 64 valence electrons. The molecule has 0 N–H and O–H groups in total. The summed E-state index contributed by atoms with van der Waals surface area (Å²) in [5.74, 6) is 1.57. The summed E-state index contributed by atoms with van der Waals surface area (Å²) in [6.07, 6.45) is 6.25. The summed E-state index contributed by atoms with van der Waals surface area (Å²) in [5.41, 5.74) is 0. The van der Waals surface area contributed by atoms with Gasteiger partial charge in [-0.1, -0.05) is 0 Å². The van der Waals surface area contributed by atoms with Gasteiger partial charge < -0.3 is 8.83 Å². The number of oxazole rings is 2. The Morgan fingerprint density at radius 2 is 2.08 bits per heavy atom. The van der Waals surface area contributed by atoms with Crippen LogP contribution in [-0.4, -0.2) is 9.97 Å². The van der Waals surface area contributed by atoms with E-state index >= 15 is 0 Å². The van der Waals surface area contributed by atoms with Gasteiger partial charge >= 0.3 is 0 Å². The molecule has 2 aromatic rings. The number of hydrogen-bond donors (Lipinski definition) is 0. The number of hydrogen-bond acceptors (Lipinski definition) is 4. The fourth-order valence-corrected chi connectivity index (χ4v) is 0.574. The fourth-order valence-electron chi connectivity index (χ4n) is 0.574. The van der Waals surface area contributed by atoms with Crippen molar-refractivity contribution in [3.8, 4) is 0 Å². The highest BCUT2D eigenvalue weighted by Crippen LogP contribution is 1.88. The molecule has 0 amide bonds. The zero-order valence-electron chi connectivity index (χ0n) is 7.02. The molecule has 2 aromatic heterocycles. The summed E-state index contributed by atoms with van der Waals surface area (Å²) in [4.78, 5) is 7.41. The highest BCUT2D eigenvalue weighted by molar-refractivity contribution is 4.81. The van der Waals surface area contributed by atoms with Crippen molar-refractivity contribution in [1.29, 1.82) is 0 Å². The van der Waals surface area contributed by atoms with E-state index in [9.17, 15) is 0 Å². The van der Waals surface area contributed by atoms with Gasteiger partial charge in [0.1, 0.15) is 12.0 Å². The van der Waals surface area contributed by atoms with Crippen LogP contribution in [0.25, 0.3) is 0 Å². The van der Waals surface area contributed by atoms with Gasteiger partial charge in [0.05, 0.1) is 12.4 Å². The SMILES string of the molecule is Cc1cnco1.Cc1ncco1. The van der Waals surface area contributed by atoms with Crippen LogP contribution in [0.5, 0.6) is 0 Å². The van der Waals surface area contributed by atoms with Crippen molar-refractivity contribution >= 4 is 0 Å². The molecular formula is C8H10N2O2. The van der Waals surface area contributed by atoms with E-state index in [4.69, 9.17) is 8.83 Å². The second-order valence-corrected chi connectivity index (χ2v) is 2.16. The van der Waals surface area contributed by atoms with Gasteiger partial charge in [0.25, 0.3) is 0 Å². The zero-order chi connectivity index (χ0) is 8.81. The van der Waals surface area contributed by atoms with Crippen molar-refractivity contribution in [2.24, 2.45) is 0 Å². The Labute approximate surface area is 70.3 Å². The minimum atomic E-state index is 0.718. The lowest BCUT2D eigenvalue weighted by molar-refractivity contribution is 0.521. The maximum absolute atomic E-state index is 4.72. The van der Waals surface area contributed by atoms with E-state index < -0.39 is 0 Å². The van der Waals surface area contributed by atoms with Crippen molar-refractivity contribution in [3.63, 3.8) is 0 Å². The summed E-state index contributed by atoms with van der Waals surface area (Å²) in [6, 6.07) is 0. The van der Waals surface area contributed by atoms with Gasteiger partial charge in [-0.05, 0) is 6.92 Å². The highest BCUT2D eigenvalue weighted by Gasteiger charge is 1.77. The minimum Gasteiger partial charge on any atom is -0.449 e. The average Bonchev–Trinajstić information content (AvgIpc) is 2.63. The van der Waals surface area contributed by atoms with Crippen molar-refractivity contribution in [1.82, 2.24) is 9.97 Å². The first kappa shape index (κ1) is 8.52. The van der Waals surface area contributed by atoms with E-state index in [1.165, 1.54) is 6.39 Å². The molecule has 12 heavy (non-hydrogen) atoms. The molecule has 0 radical (unpaired) electrons. The second-order valence-electron chi connectivity index (χ2n) is 2.16. The van der Waals surface area contributed by atoms with Crippen LogP contribution in [0.1, 0.15) is 11.7 Å². The molecular weight excluding hydrogens is 156 g/mol. The monoisotopic (exact) mass is 166 g/mol. The normalized spacial score (nSPS) is 8.83. The average molecular weight is 166 g/mol. The molecule has 0 spiro atoms. The van der Waals surface area contributed by atoms with E-state index in [0.29, 0.717) is 0 Å². The quantitative estimate of drug-likeness (QED) is 0.600. The van der Waals surface area contributed by atoms with Gasteiger partial charge in [-0.3, -0.25) is 0 Å². The van der Waals surface area contributed by atoms with Gasteiger partial charge in [-0.15, -0.1) is 0 Å². The van der Waals surface area contributed by atoms with Crippen molar-refractivity contribution in [2.75, 3.05) is 0 Å². The van der Waals surface area contributed by atoms with Gasteiger partial charge in [0.15, 0.2) is 12.3 Å². The lowest BCUT2D eigenvalue weighted by Crippen LogP contribution is -1.59. The molecule has 0 saturated heterocycles. The Kier molecular flexibility index (Phi) is 3.07. The Morgan fingerprint density at radius 1 is 1.25 bits per heavy atom. The zero-order valence-corrected chi connectivity index (χ0v) is 7.02. The van der Waals surface area contributed by atoms with Gasteiger partial charge in [0, 0.05) is 6.92 Å². The number of nitrogens with zero attached hydrogens (tertiary/aromatic N) is 2. The molecule has 0 aliphatic heterocycles. The van der Waals surface area contributed by atoms with E-state index in [1.54, 1.807) is 25.6 Å². The topological polar surface area (TPSA) is 52.1 Å². The van der Waals surface area contributed by atoms with Crippen LogP contribution >= 0.6 is 0 Å². The van der Waals surface area contributed by atoms with Crippen molar-refractivity contribution in [2.45, 2.75) is 13.8 Å². The van der Waals surface area contributed by atoms with E-state index in [-0.39, 0.29) is 0 Å². The van der Waals surface area contributed by atoms with Crippen molar-refractivity contribution < 1.29 is 8.83 Å². The van der Waals surface area contributed by atoms with E-state index in [0.717, 1.165) is 11.7 Å². The number of aryl methyl sites for hydroxylation is 2. The van der Waals surface area contributed by atoms with Crippen LogP contribution in [0.3, 0.4) is 0 Å². The van der Waals surface area contributed by atoms with Crippen LogP contribution in [0.15, 0.2) is 33.9 Å². The molecule has 0 aliphatic rings. The maximum atomic E-state index is 4.72. The summed E-state index contributed by atoms with van der Waals surface area (Å²) < 4.78 is 9.44. The maximum Gasteiger partial charge on any atom is 0.190 e. The smallest absolute Gasteiger partial charge is 0.190 e. The summed E-state index contributed by atoms with van der Waals surface area (Å²) in [7, 11) is 0. The lowest BCUT2D eigenvalue weighted by Gasteiger charge is -1.67. The number of aromatic nitrogens is 2. The van der Waals surface area contributed by atoms with Crippen LogP contribution in [0, 0.1) is 13.8 Å². The third-order valence-corrected chi connectivity index (χ3v) is 1.11. The van der Waals surface area contributed by atoms with Crippen LogP contribution in [-0.2, 0) is 0 Å². The summed E-state index contributed by atoms with van der Waals surface area (Å²) >= 11 is 0. The third-order valence-electron chi connectivity index (χ3n) is 1.11. The Hall–Kier alpha value is -1.58. The lowest BCUT2D eigenvalue weighted by atomic mass is 10.6. The molecule has 0 aromatic carbocycles. The van der Waals surface area contributed by atoms with E-state index in [2.05, 4.69) is 9.97 Å². The van der Waals surface area contributed by atoms with Gasteiger partial charge in [-0.25, -0.2) is 9.97 Å². The molecule has 0 atom stereocenters. The molecule has 4 nitrogen and oxygen atoms in total. The third kappa shape index (κ3) is 3.01. The first-order chi connectivity index (χ1) is 5.79. The van der Waals surface area contributed by atoms with E-state index in [1.807, 2.05) is 6.92 Å². The largest absolute Gasteiger partial charge is 0.449 e. The predicted octanol–water partition coefficient (Wildman–Crippen LogP) is 1.97. The molecule has 4 heteroatoms. The molecule has 0 bridgehead atoms. The summed E-state index contributed by atoms with van der Waals surface area (Å²) in [5, 5.41) is 0. The Balaban J connectivity index is 0.000000120. The minimum absolute atomic E-state index is 0.718. The van der Waals surface area contributed by atoms with Crippen molar-refractivity contribution in [3.05, 3.63) is 36.7 Å². The molecule has 0 aliphatic carbocycles. The first-order valence-electron chi connectivity index (χ1n) is 3.50. The number of rotatable bonds is 0. The molecule has 0 saturated carbocycles. The first-order valence-corrected chi connectivity index (χ1v) is 3.50. The van der Waals surface area contributed by atoms with Gasteiger partial charge in [-0.2, -0.15) is 0 Å². The second kappa shape index (κ2) is 4.33. The summed E-state index contributed by atoms with van der Waals surface area (Å²) in [6.45, 7) is 3.66. The predicted molar refractivity (Wildman–Crippen MR) is 42.5 cm³/mol. The molecule has 0 fully saturated rings. The molecule has 2 heterocycles. The van der Waals surface area contributed by atoms with Crippen LogP contribution in [0.2, 0.25) is 0 Å². The van der Waals surface area contributed by atoms with Gasteiger partial charge in [0.2, 0.25) is 0 Å². The molecule has 2 rings (SSSR count). The van der Waals surface area contributed by atoms with Crippen LogP contribution < -0.4 is 0 Å². The Bertz CT molecular complexity index is 254. The standard InChI is InChI=1S/2C4H5NO/c1-4-2-5-3-6-4;1-4-5-2-3-6-4/h2*2-3H,1H3. The Morgan fingerprint density at radius 3 is 2.25 bits per heavy atom. The van der Waals surface area contributed by atoms with Crippen LogP contribution in [0.4, 0.5) is 0 Å². The highest BCUT2D eigenvalue weighted by atomic mass is 16.3.